The predicted octanol–water partition coefficient (Wildman–Crippen LogP) is 13.5. The van der Waals surface area contributed by atoms with E-state index in [-0.39, 0.29) is 0 Å². The van der Waals surface area contributed by atoms with Crippen LogP contribution < -0.4 is 4.74 Å². The minimum atomic E-state index is -0.592. The lowest BCUT2D eigenvalue weighted by molar-refractivity contribution is 0.436. The monoisotopic (exact) mass is 728 g/mol. The van der Waals surface area contributed by atoms with E-state index < -0.39 is 5.41 Å². The minimum absolute atomic E-state index is 0.592. The van der Waals surface area contributed by atoms with Crippen molar-refractivity contribution in [2.75, 3.05) is 0 Å². The Hall–Kier alpha value is -7.56. The van der Waals surface area contributed by atoms with E-state index >= 15 is 0 Å². The van der Waals surface area contributed by atoms with Crippen LogP contribution in [0.15, 0.2) is 199 Å². The van der Waals surface area contributed by atoms with Gasteiger partial charge in [-0.1, -0.05) is 146 Å². The maximum Gasteiger partial charge on any atom is 0.160 e. The van der Waals surface area contributed by atoms with E-state index in [1.807, 2.05) is 42.5 Å². The minimum Gasteiger partial charge on any atom is -0.457 e. The van der Waals surface area contributed by atoms with Gasteiger partial charge in [-0.3, -0.25) is 0 Å². The average molecular weight is 729 g/mol. The van der Waals surface area contributed by atoms with Gasteiger partial charge in [0, 0.05) is 38.6 Å². The maximum atomic E-state index is 6.63. The Morgan fingerprint density at radius 3 is 1.72 bits per heavy atom. The van der Waals surface area contributed by atoms with Crippen molar-refractivity contribution >= 4 is 21.9 Å². The van der Waals surface area contributed by atoms with E-state index in [1.165, 1.54) is 16.7 Å². The molecular weight excluding hydrogens is 697 g/mol. The first-order valence-corrected chi connectivity index (χ1v) is 19.3. The fourth-order valence-electron chi connectivity index (χ4n) is 9.22. The third kappa shape index (κ3) is 4.74. The average Bonchev–Trinajstić information content (AvgIpc) is 3.79. The second kappa shape index (κ2) is 12.2. The van der Waals surface area contributed by atoms with Crippen LogP contribution >= 0.6 is 0 Å². The summed E-state index contributed by atoms with van der Waals surface area (Å²) in [7, 11) is 0. The molecule has 0 saturated heterocycles. The topological polar surface area (TPSA) is 48.2 Å². The number of furan rings is 1. The first-order valence-electron chi connectivity index (χ1n) is 19.3. The van der Waals surface area contributed by atoms with Crippen molar-refractivity contribution in [3.63, 3.8) is 0 Å². The summed E-state index contributed by atoms with van der Waals surface area (Å²) < 4.78 is 13.2. The van der Waals surface area contributed by atoms with Gasteiger partial charge in [0.05, 0.1) is 16.8 Å². The lowest BCUT2D eigenvalue weighted by Gasteiger charge is -2.39. The molecule has 1 spiro atoms. The van der Waals surface area contributed by atoms with Gasteiger partial charge in [-0.2, -0.15) is 0 Å². The summed E-state index contributed by atoms with van der Waals surface area (Å²) in [6.45, 7) is 0. The molecule has 1 aliphatic carbocycles. The molecule has 0 saturated carbocycles. The third-order valence-electron chi connectivity index (χ3n) is 11.8. The molecule has 0 fully saturated rings. The molecule has 4 nitrogen and oxygen atoms in total. The zero-order valence-electron chi connectivity index (χ0n) is 30.7. The SMILES string of the molecule is c1ccc(-c2cc(-c3cccc(-c4ccc5c(c4)-c4cc6oc7ccccc7c6cc4C54c5ccccc5Oc5ccccc54)c3)nc(-c3ccccc3)n2)cc1. The van der Waals surface area contributed by atoms with Gasteiger partial charge in [-0.05, 0) is 81.9 Å². The Balaban J connectivity index is 1.07. The van der Waals surface area contributed by atoms with Gasteiger partial charge in [0.2, 0.25) is 0 Å². The van der Waals surface area contributed by atoms with Gasteiger partial charge < -0.3 is 9.15 Å². The highest BCUT2D eigenvalue weighted by molar-refractivity contribution is 6.08. The molecule has 0 amide bonds. The van der Waals surface area contributed by atoms with Crippen molar-refractivity contribution in [1.29, 1.82) is 0 Å². The number of nitrogens with zero attached hydrogens (tertiary/aromatic N) is 2. The van der Waals surface area contributed by atoms with Gasteiger partial charge in [-0.15, -0.1) is 0 Å². The summed E-state index contributed by atoms with van der Waals surface area (Å²) in [5.41, 5.74) is 15.3. The molecule has 4 heteroatoms. The number of fused-ring (bicyclic) bond motifs is 12. The van der Waals surface area contributed by atoms with Gasteiger partial charge in [0.1, 0.15) is 22.7 Å². The van der Waals surface area contributed by atoms with Crippen molar-refractivity contribution < 1.29 is 9.15 Å². The van der Waals surface area contributed by atoms with Crippen LogP contribution in [-0.4, -0.2) is 9.97 Å². The number of ether oxygens (including phenoxy) is 1. The van der Waals surface area contributed by atoms with Crippen LogP contribution in [0.25, 0.3) is 78.1 Å². The van der Waals surface area contributed by atoms with Crippen molar-refractivity contribution in [2.24, 2.45) is 0 Å². The summed E-state index contributed by atoms with van der Waals surface area (Å²) in [4.78, 5) is 10.2. The molecule has 0 N–H and O–H groups in total. The fraction of sp³-hybridized carbons (Fsp3) is 0.0189. The standard InChI is InChI=1S/C53H32N2O2/c1-3-14-33(15-4-1)46-32-47(55-52(54-46)34-16-5-2-6-17-34)37-19-13-18-35(28-37)36-26-27-42-39(29-36)40-31-51-41(38-20-7-10-23-48(38)56-51)30-45(40)53(42)43-21-8-11-24-49(43)57-50-25-12-9-22-44(50)53/h1-32H. The third-order valence-corrected chi connectivity index (χ3v) is 11.8. The Morgan fingerprint density at radius 1 is 0.351 bits per heavy atom. The van der Waals surface area contributed by atoms with Crippen LogP contribution in [0, 0.1) is 0 Å². The van der Waals surface area contributed by atoms with E-state index in [2.05, 4.69) is 152 Å². The Kier molecular flexibility index (Phi) is 6.81. The molecule has 57 heavy (non-hydrogen) atoms. The normalized spacial score (nSPS) is 13.2. The van der Waals surface area contributed by atoms with Crippen LogP contribution in [0.3, 0.4) is 0 Å². The quantitative estimate of drug-likeness (QED) is 0.181. The first-order chi connectivity index (χ1) is 28.2. The molecule has 0 radical (unpaired) electrons. The molecule has 0 bridgehead atoms. The fourth-order valence-corrected chi connectivity index (χ4v) is 9.22. The van der Waals surface area contributed by atoms with Crippen molar-refractivity contribution in [1.82, 2.24) is 9.97 Å². The molecule has 3 heterocycles. The van der Waals surface area contributed by atoms with E-state index in [0.717, 1.165) is 89.3 Å². The summed E-state index contributed by atoms with van der Waals surface area (Å²) in [5, 5.41) is 2.23. The Labute approximate surface area is 329 Å². The molecule has 10 aromatic rings. The lowest BCUT2D eigenvalue weighted by Crippen LogP contribution is -2.32. The second-order valence-corrected chi connectivity index (χ2v) is 14.9. The van der Waals surface area contributed by atoms with Crippen LogP contribution in [-0.2, 0) is 5.41 Å². The Morgan fingerprint density at radius 2 is 0.947 bits per heavy atom. The van der Waals surface area contributed by atoms with Crippen LogP contribution in [0.1, 0.15) is 22.3 Å². The predicted molar refractivity (Wildman–Crippen MR) is 228 cm³/mol. The lowest BCUT2D eigenvalue weighted by atomic mass is 9.66. The zero-order chi connectivity index (χ0) is 37.5. The smallest absolute Gasteiger partial charge is 0.160 e. The van der Waals surface area contributed by atoms with Crippen LogP contribution in [0.5, 0.6) is 11.5 Å². The first kappa shape index (κ1) is 31.8. The highest BCUT2D eigenvalue weighted by Crippen LogP contribution is 2.63. The summed E-state index contributed by atoms with van der Waals surface area (Å²) in [5.74, 6) is 2.45. The molecule has 0 unspecified atom stereocenters. The van der Waals surface area contributed by atoms with Gasteiger partial charge >= 0.3 is 0 Å². The maximum absolute atomic E-state index is 6.63. The number of benzene rings is 8. The highest BCUT2D eigenvalue weighted by Gasteiger charge is 2.51. The molecule has 0 atom stereocenters. The Bertz CT molecular complexity index is 3120. The summed E-state index contributed by atoms with van der Waals surface area (Å²) >= 11 is 0. The highest BCUT2D eigenvalue weighted by atomic mass is 16.5. The number of hydrogen-bond acceptors (Lipinski definition) is 4. The molecule has 8 aromatic carbocycles. The molecule has 266 valence electrons. The summed E-state index contributed by atoms with van der Waals surface area (Å²) in [6.07, 6.45) is 0. The number of para-hydroxylation sites is 3. The summed E-state index contributed by atoms with van der Waals surface area (Å²) in [6, 6.07) is 68.3. The van der Waals surface area contributed by atoms with E-state index in [9.17, 15) is 0 Å². The largest absolute Gasteiger partial charge is 0.457 e. The van der Waals surface area contributed by atoms with Crippen LogP contribution in [0.2, 0.25) is 0 Å². The molecule has 2 aliphatic rings. The second-order valence-electron chi connectivity index (χ2n) is 14.9. The van der Waals surface area contributed by atoms with Crippen LogP contribution in [0.4, 0.5) is 0 Å². The number of aromatic nitrogens is 2. The zero-order valence-corrected chi connectivity index (χ0v) is 30.7. The number of hydrogen-bond donors (Lipinski definition) is 0. The van der Waals surface area contributed by atoms with Crippen molar-refractivity contribution in [2.45, 2.75) is 5.41 Å². The van der Waals surface area contributed by atoms with E-state index in [0.29, 0.717) is 5.82 Å². The molecule has 12 rings (SSSR count). The van der Waals surface area contributed by atoms with E-state index in [4.69, 9.17) is 19.1 Å². The van der Waals surface area contributed by atoms with Crippen molar-refractivity contribution in [3.05, 3.63) is 216 Å². The molecule has 1 aliphatic heterocycles. The van der Waals surface area contributed by atoms with E-state index in [1.54, 1.807) is 0 Å². The van der Waals surface area contributed by atoms with Gasteiger partial charge in [-0.25, -0.2) is 9.97 Å². The molecule has 2 aromatic heterocycles. The molecular formula is C53H32N2O2. The van der Waals surface area contributed by atoms with Crippen molar-refractivity contribution in [3.8, 4) is 67.7 Å². The number of rotatable bonds is 4. The van der Waals surface area contributed by atoms with Gasteiger partial charge in [0.15, 0.2) is 5.82 Å². The van der Waals surface area contributed by atoms with Gasteiger partial charge in [0.25, 0.3) is 0 Å².